The quantitative estimate of drug-likeness (QED) is 0.611. The van der Waals surface area contributed by atoms with Crippen molar-refractivity contribution < 1.29 is 9.53 Å². The number of carbonyl (C=O) groups excluding carboxylic acids is 1. The maximum atomic E-state index is 11.5. The van der Waals surface area contributed by atoms with Crippen LogP contribution in [0.15, 0.2) is 29.3 Å². The molecule has 138 valence electrons. The summed E-state index contributed by atoms with van der Waals surface area (Å²) in [5.74, 6) is 2.40. The Hall–Kier alpha value is -2.24. The third-order valence-electron chi connectivity index (χ3n) is 4.59. The van der Waals surface area contributed by atoms with Gasteiger partial charge in [-0.2, -0.15) is 0 Å². The van der Waals surface area contributed by atoms with E-state index in [1.165, 1.54) is 0 Å². The summed E-state index contributed by atoms with van der Waals surface area (Å²) in [4.78, 5) is 18.6. The second-order valence-electron chi connectivity index (χ2n) is 6.29. The van der Waals surface area contributed by atoms with Gasteiger partial charge in [-0.25, -0.2) is 4.99 Å². The first-order chi connectivity index (χ1) is 12.2. The first-order valence-corrected chi connectivity index (χ1v) is 9.03. The number of nitrogens with zero attached hydrogens (tertiary/aromatic N) is 2. The molecule has 1 aromatic carbocycles. The van der Waals surface area contributed by atoms with E-state index >= 15 is 0 Å². The number of piperidine rings is 1. The Labute approximate surface area is 150 Å². The van der Waals surface area contributed by atoms with Crippen molar-refractivity contribution in [3.05, 3.63) is 29.8 Å². The van der Waals surface area contributed by atoms with Crippen molar-refractivity contribution in [3.63, 3.8) is 0 Å². The van der Waals surface area contributed by atoms with Gasteiger partial charge < -0.3 is 20.3 Å². The van der Waals surface area contributed by atoms with Gasteiger partial charge in [-0.05, 0) is 31.7 Å². The van der Waals surface area contributed by atoms with Crippen molar-refractivity contribution in [1.82, 2.24) is 15.5 Å². The number of amides is 1. The molecule has 6 heteroatoms. The number of para-hydroxylation sites is 1. The van der Waals surface area contributed by atoms with E-state index in [-0.39, 0.29) is 5.91 Å². The van der Waals surface area contributed by atoms with Crippen LogP contribution in [-0.4, -0.2) is 50.6 Å². The lowest BCUT2D eigenvalue weighted by Gasteiger charge is -2.34. The van der Waals surface area contributed by atoms with Crippen LogP contribution in [0.2, 0.25) is 0 Å². The molecule has 1 heterocycles. The van der Waals surface area contributed by atoms with Crippen LogP contribution in [-0.2, 0) is 11.3 Å². The molecule has 0 spiro atoms. The van der Waals surface area contributed by atoms with Crippen LogP contribution < -0.4 is 15.4 Å². The molecule has 0 bridgehead atoms. The Balaban J connectivity index is 1.97. The minimum Gasteiger partial charge on any atom is -0.496 e. The van der Waals surface area contributed by atoms with Crippen molar-refractivity contribution in [2.75, 3.05) is 33.8 Å². The fourth-order valence-electron chi connectivity index (χ4n) is 3.13. The number of aliphatic imine (C=N–C) groups is 1. The predicted octanol–water partition coefficient (Wildman–Crippen LogP) is 2.01. The summed E-state index contributed by atoms with van der Waals surface area (Å²) in [7, 11) is 3.39. The van der Waals surface area contributed by atoms with Crippen LogP contribution in [0, 0.1) is 5.92 Å². The van der Waals surface area contributed by atoms with Gasteiger partial charge in [0.25, 0.3) is 0 Å². The maximum absolute atomic E-state index is 11.5. The Morgan fingerprint density at radius 1 is 1.32 bits per heavy atom. The molecular weight excluding hydrogens is 316 g/mol. The van der Waals surface area contributed by atoms with Gasteiger partial charge in [0.2, 0.25) is 5.91 Å². The van der Waals surface area contributed by atoms with Gasteiger partial charge in [-0.15, -0.1) is 0 Å². The first kappa shape index (κ1) is 19.1. The molecule has 1 aliphatic rings. The van der Waals surface area contributed by atoms with E-state index < -0.39 is 0 Å². The normalized spacial score (nSPS) is 15.8. The van der Waals surface area contributed by atoms with Crippen LogP contribution >= 0.6 is 0 Å². The second kappa shape index (κ2) is 9.91. The van der Waals surface area contributed by atoms with Crippen LogP contribution in [0.25, 0.3) is 0 Å². The Bertz CT molecular complexity index is 581. The lowest BCUT2D eigenvalue weighted by atomic mass is 9.93. The van der Waals surface area contributed by atoms with Gasteiger partial charge in [-0.3, -0.25) is 4.79 Å². The van der Waals surface area contributed by atoms with Crippen LogP contribution in [0.3, 0.4) is 0 Å². The summed E-state index contributed by atoms with van der Waals surface area (Å²) in [6, 6.07) is 7.97. The molecule has 1 aromatic rings. The number of carbonyl (C=O) groups is 1. The van der Waals surface area contributed by atoms with Crippen molar-refractivity contribution in [2.24, 2.45) is 10.9 Å². The fraction of sp³-hybridized carbons (Fsp3) is 0.579. The van der Waals surface area contributed by atoms with E-state index in [1.54, 1.807) is 14.2 Å². The second-order valence-corrected chi connectivity index (χ2v) is 6.29. The van der Waals surface area contributed by atoms with Gasteiger partial charge in [0.05, 0.1) is 13.7 Å². The summed E-state index contributed by atoms with van der Waals surface area (Å²) >= 11 is 0. The zero-order chi connectivity index (χ0) is 18.1. The molecule has 0 atom stereocenters. The maximum Gasteiger partial charge on any atom is 0.220 e. The summed E-state index contributed by atoms with van der Waals surface area (Å²) in [6.07, 6.45) is 2.66. The number of benzene rings is 1. The number of likely N-dealkylation sites (tertiary alicyclic amines) is 1. The molecule has 1 aliphatic heterocycles. The Kier molecular flexibility index (Phi) is 7.57. The molecule has 1 fully saturated rings. The predicted molar refractivity (Wildman–Crippen MR) is 101 cm³/mol. The van der Waals surface area contributed by atoms with E-state index in [4.69, 9.17) is 9.73 Å². The molecule has 1 amide bonds. The molecule has 0 saturated carbocycles. The number of rotatable bonds is 6. The number of hydrogen-bond donors (Lipinski definition) is 2. The zero-order valence-corrected chi connectivity index (χ0v) is 15.5. The van der Waals surface area contributed by atoms with Gasteiger partial charge in [0.1, 0.15) is 5.75 Å². The smallest absolute Gasteiger partial charge is 0.220 e. The van der Waals surface area contributed by atoms with Gasteiger partial charge in [0.15, 0.2) is 5.96 Å². The molecule has 6 nitrogen and oxygen atoms in total. The summed E-state index contributed by atoms with van der Waals surface area (Å²) < 4.78 is 5.40. The lowest BCUT2D eigenvalue weighted by Crippen LogP contribution is -2.46. The molecule has 2 rings (SSSR count). The highest BCUT2D eigenvalue weighted by molar-refractivity contribution is 5.80. The van der Waals surface area contributed by atoms with E-state index in [0.29, 0.717) is 18.9 Å². The molecule has 25 heavy (non-hydrogen) atoms. The SMILES string of the molecule is CCNC(=NCc1ccccc1OC)N1CCC(CC(=O)NC)CC1. The number of ether oxygens (including phenoxy) is 1. The molecule has 0 aliphatic carbocycles. The highest BCUT2D eigenvalue weighted by Crippen LogP contribution is 2.21. The molecule has 1 saturated heterocycles. The fourth-order valence-corrected chi connectivity index (χ4v) is 3.13. The minimum absolute atomic E-state index is 0.134. The van der Waals surface area contributed by atoms with E-state index in [2.05, 4.69) is 22.5 Å². The molecule has 0 aromatic heterocycles. The van der Waals surface area contributed by atoms with Crippen LogP contribution in [0.5, 0.6) is 5.75 Å². The number of methoxy groups -OCH3 is 1. The molecule has 2 N–H and O–H groups in total. The van der Waals surface area contributed by atoms with Crippen LogP contribution in [0.4, 0.5) is 0 Å². The third kappa shape index (κ3) is 5.66. The van der Waals surface area contributed by atoms with Crippen molar-refractivity contribution >= 4 is 11.9 Å². The first-order valence-electron chi connectivity index (χ1n) is 9.03. The number of nitrogens with one attached hydrogen (secondary N) is 2. The monoisotopic (exact) mass is 346 g/mol. The van der Waals surface area contributed by atoms with Gasteiger partial charge in [-0.1, -0.05) is 18.2 Å². The highest BCUT2D eigenvalue weighted by Gasteiger charge is 2.23. The van der Waals surface area contributed by atoms with Gasteiger partial charge >= 0.3 is 0 Å². The van der Waals surface area contributed by atoms with Crippen molar-refractivity contribution in [2.45, 2.75) is 32.7 Å². The number of guanidine groups is 1. The average molecular weight is 346 g/mol. The van der Waals surface area contributed by atoms with Gasteiger partial charge in [0, 0.05) is 38.7 Å². The minimum atomic E-state index is 0.134. The zero-order valence-electron chi connectivity index (χ0n) is 15.5. The summed E-state index contributed by atoms with van der Waals surface area (Å²) in [5, 5.41) is 6.10. The summed E-state index contributed by atoms with van der Waals surface area (Å²) in [5.41, 5.74) is 1.08. The van der Waals surface area contributed by atoms with Crippen molar-refractivity contribution in [3.8, 4) is 5.75 Å². The highest BCUT2D eigenvalue weighted by atomic mass is 16.5. The standard InChI is InChI=1S/C19H30N4O2/c1-4-21-19(22-14-16-7-5-6-8-17(16)25-3)23-11-9-15(10-12-23)13-18(24)20-2/h5-8,15H,4,9-14H2,1-3H3,(H,20,24)(H,21,22). The lowest BCUT2D eigenvalue weighted by molar-refractivity contribution is -0.121. The Morgan fingerprint density at radius 3 is 2.68 bits per heavy atom. The topological polar surface area (TPSA) is 66.0 Å². The third-order valence-corrected chi connectivity index (χ3v) is 4.59. The number of hydrogen-bond acceptors (Lipinski definition) is 3. The largest absolute Gasteiger partial charge is 0.496 e. The van der Waals surface area contributed by atoms with Crippen LogP contribution in [0.1, 0.15) is 31.7 Å². The van der Waals surface area contributed by atoms with E-state index in [9.17, 15) is 4.79 Å². The van der Waals surface area contributed by atoms with E-state index in [1.807, 2.05) is 24.3 Å². The molecule has 0 radical (unpaired) electrons. The molecular formula is C19H30N4O2. The van der Waals surface area contributed by atoms with E-state index in [0.717, 1.165) is 49.7 Å². The molecule has 0 unspecified atom stereocenters. The summed E-state index contributed by atoms with van der Waals surface area (Å²) in [6.45, 7) is 5.36. The van der Waals surface area contributed by atoms with Crippen molar-refractivity contribution in [1.29, 1.82) is 0 Å². The average Bonchev–Trinajstić information content (AvgIpc) is 2.66. The Morgan fingerprint density at radius 2 is 2.04 bits per heavy atom.